The Labute approximate surface area is 177 Å². The molecular formula is C24H14BrN3O. The molecule has 0 N–H and O–H groups in total. The predicted molar refractivity (Wildman–Crippen MR) is 114 cm³/mol. The maximum absolute atomic E-state index is 9.50. The predicted octanol–water partition coefficient (Wildman–Crippen LogP) is 5.84. The van der Waals surface area contributed by atoms with Crippen LogP contribution in [0.1, 0.15) is 27.8 Å². The Kier molecular flexibility index (Phi) is 6.43. The summed E-state index contributed by atoms with van der Waals surface area (Å²) in [6.07, 6.45) is 1.78. The summed E-state index contributed by atoms with van der Waals surface area (Å²) in [5, 5.41) is 27.6. The van der Waals surface area contributed by atoms with Crippen molar-refractivity contribution >= 4 is 27.6 Å². The maximum Gasteiger partial charge on any atom is 0.134 e. The molecule has 0 spiro atoms. The van der Waals surface area contributed by atoms with Gasteiger partial charge in [0.2, 0.25) is 0 Å². The summed E-state index contributed by atoms with van der Waals surface area (Å²) in [6.45, 7) is 0.284. The van der Waals surface area contributed by atoms with Crippen molar-refractivity contribution in [2.45, 2.75) is 6.61 Å². The summed E-state index contributed by atoms with van der Waals surface area (Å²) in [4.78, 5) is 0. The van der Waals surface area contributed by atoms with Crippen LogP contribution in [0.2, 0.25) is 0 Å². The molecule has 3 aromatic carbocycles. The number of benzene rings is 3. The van der Waals surface area contributed by atoms with E-state index in [1.807, 2.05) is 36.4 Å². The van der Waals surface area contributed by atoms with Crippen LogP contribution in [-0.4, -0.2) is 0 Å². The number of nitrogens with zero attached hydrogens (tertiary/aromatic N) is 3. The highest BCUT2D eigenvalue weighted by Crippen LogP contribution is 2.29. The standard InChI is InChI=1S/C24H14BrN3O/c25-23-12-18(11-22(15-28)19-8-5-17(13-26)6-9-19)7-10-24(23)29-16-21-4-2-1-3-20(21)14-27/h1-12H,16H2/b22-11-. The van der Waals surface area contributed by atoms with E-state index in [9.17, 15) is 10.5 Å². The summed E-state index contributed by atoms with van der Waals surface area (Å²) in [7, 11) is 0. The Hall–Kier alpha value is -3.85. The zero-order valence-electron chi connectivity index (χ0n) is 15.3. The first kappa shape index (κ1) is 19.9. The molecule has 0 heterocycles. The fraction of sp³-hybridized carbons (Fsp3) is 0.0417. The van der Waals surface area contributed by atoms with Crippen molar-refractivity contribution in [1.82, 2.24) is 0 Å². The second-order valence-corrected chi connectivity index (χ2v) is 6.96. The second kappa shape index (κ2) is 9.38. The van der Waals surface area contributed by atoms with Crippen LogP contribution in [0.25, 0.3) is 11.6 Å². The highest BCUT2D eigenvalue weighted by Gasteiger charge is 2.07. The van der Waals surface area contributed by atoms with Gasteiger partial charge in [0.25, 0.3) is 0 Å². The number of halogens is 1. The van der Waals surface area contributed by atoms with Crippen molar-refractivity contribution in [1.29, 1.82) is 15.8 Å². The number of allylic oxidation sites excluding steroid dienone is 1. The number of nitriles is 3. The highest BCUT2D eigenvalue weighted by molar-refractivity contribution is 9.10. The zero-order valence-corrected chi connectivity index (χ0v) is 16.8. The van der Waals surface area contributed by atoms with Crippen molar-refractivity contribution in [3.63, 3.8) is 0 Å². The molecule has 0 atom stereocenters. The number of hydrogen-bond donors (Lipinski definition) is 0. The Morgan fingerprint density at radius 1 is 0.931 bits per heavy atom. The number of ether oxygens (including phenoxy) is 1. The molecule has 3 rings (SSSR count). The topological polar surface area (TPSA) is 80.6 Å². The fourth-order valence-electron chi connectivity index (χ4n) is 2.71. The molecule has 4 nitrogen and oxygen atoms in total. The Balaban J connectivity index is 1.79. The smallest absolute Gasteiger partial charge is 0.134 e. The van der Waals surface area contributed by atoms with Gasteiger partial charge < -0.3 is 4.74 Å². The monoisotopic (exact) mass is 439 g/mol. The fourth-order valence-corrected chi connectivity index (χ4v) is 3.22. The average molecular weight is 440 g/mol. The molecule has 0 aliphatic rings. The van der Waals surface area contributed by atoms with Gasteiger partial charge in [-0.05, 0) is 63.5 Å². The molecule has 0 saturated heterocycles. The van der Waals surface area contributed by atoms with Crippen LogP contribution in [0.5, 0.6) is 5.75 Å². The van der Waals surface area contributed by atoms with Gasteiger partial charge in [-0.3, -0.25) is 0 Å². The third-order valence-corrected chi connectivity index (χ3v) is 4.85. The minimum absolute atomic E-state index is 0.284. The van der Waals surface area contributed by atoms with Crippen molar-refractivity contribution in [2.75, 3.05) is 0 Å². The van der Waals surface area contributed by atoms with Crippen LogP contribution < -0.4 is 4.74 Å². The van der Waals surface area contributed by atoms with E-state index in [0.717, 1.165) is 21.2 Å². The van der Waals surface area contributed by atoms with E-state index < -0.39 is 0 Å². The lowest BCUT2D eigenvalue weighted by Gasteiger charge is -2.10. The summed E-state index contributed by atoms with van der Waals surface area (Å²) in [6, 6.07) is 26.2. The van der Waals surface area contributed by atoms with Gasteiger partial charge in [0, 0.05) is 5.56 Å². The maximum atomic E-state index is 9.50. The third-order valence-electron chi connectivity index (χ3n) is 4.23. The largest absolute Gasteiger partial charge is 0.488 e. The molecule has 0 aromatic heterocycles. The van der Waals surface area contributed by atoms with Gasteiger partial charge in [-0.1, -0.05) is 36.4 Å². The highest BCUT2D eigenvalue weighted by atomic mass is 79.9. The van der Waals surface area contributed by atoms with Crippen molar-refractivity contribution in [2.24, 2.45) is 0 Å². The SMILES string of the molecule is N#C/C(=C/c1ccc(OCc2ccccc2C#N)c(Br)c1)c1ccc(C#N)cc1. The number of hydrogen-bond acceptors (Lipinski definition) is 4. The molecule has 0 aliphatic heterocycles. The van der Waals surface area contributed by atoms with Crippen LogP contribution in [0.15, 0.2) is 71.2 Å². The summed E-state index contributed by atoms with van der Waals surface area (Å²) in [5.41, 5.74) is 4.03. The van der Waals surface area contributed by atoms with Gasteiger partial charge >= 0.3 is 0 Å². The lowest BCUT2D eigenvalue weighted by molar-refractivity contribution is 0.304. The molecule has 3 aromatic rings. The molecule has 29 heavy (non-hydrogen) atoms. The van der Waals surface area contributed by atoms with Gasteiger partial charge in [0.05, 0.1) is 39.4 Å². The van der Waals surface area contributed by atoms with Gasteiger partial charge in [0.15, 0.2) is 0 Å². The summed E-state index contributed by atoms with van der Waals surface area (Å²) in [5.74, 6) is 0.645. The Morgan fingerprint density at radius 2 is 1.69 bits per heavy atom. The molecule has 0 aliphatic carbocycles. The van der Waals surface area contributed by atoms with E-state index in [1.54, 1.807) is 36.4 Å². The van der Waals surface area contributed by atoms with E-state index in [0.29, 0.717) is 22.4 Å². The number of rotatable bonds is 5. The molecular weight excluding hydrogens is 426 g/mol. The summed E-state index contributed by atoms with van der Waals surface area (Å²) >= 11 is 3.51. The Bertz CT molecular complexity index is 1190. The van der Waals surface area contributed by atoms with E-state index >= 15 is 0 Å². The van der Waals surface area contributed by atoms with Crippen LogP contribution in [0.4, 0.5) is 0 Å². The molecule has 0 bridgehead atoms. The van der Waals surface area contributed by atoms with Crippen molar-refractivity contribution < 1.29 is 4.74 Å². The lowest BCUT2D eigenvalue weighted by atomic mass is 10.0. The van der Waals surface area contributed by atoms with Gasteiger partial charge in [0.1, 0.15) is 12.4 Å². The van der Waals surface area contributed by atoms with Crippen LogP contribution in [0, 0.1) is 34.0 Å². The normalized spacial score (nSPS) is 10.5. The van der Waals surface area contributed by atoms with Crippen LogP contribution in [-0.2, 0) is 6.61 Å². The van der Waals surface area contributed by atoms with Gasteiger partial charge in [-0.25, -0.2) is 0 Å². The van der Waals surface area contributed by atoms with E-state index in [-0.39, 0.29) is 6.61 Å². The van der Waals surface area contributed by atoms with Crippen molar-refractivity contribution in [3.8, 4) is 24.0 Å². The second-order valence-electron chi connectivity index (χ2n) is 6.11. The minimum Gasteiger partial charge on any atom is -0.488 e. The molecule has 0 saturated carbocycles. The molecule has 0 unspecified atom stereocenters. The molecule has 0 radical (unpaired) electrons. The van der Waals surface area contributed by atoms with Crippen LogP contribution >= 0.6 is 15.9 Å². The van der Waals surface area contributed by atoms with Gasteiger partial charge in [-0.2, -0.15) is 15.8 Å². The van der Waals surface area contributed by atoms with Gasteiger partial charge in [-0.15, -0.1) is 0 Å². The lowest BCUT2D eigenvalue weighted by Crippen LogP contribution is -1.98. The molecule has 0 fully saturated rings. The van der Waals surface area contributed by atoms with E-state index in [1.165, 1.54) is 0 Å². The molecule has 5 heteroatoms. The summed E-state index contributed by atoms with van der Waals surface area (Å²) < 4.78 is 6.60. The van der Waals surface area contributed by atoms with Crippen molar-refractivity contribution in [3.05, 3.63) is 99.0 Å². The quantitative estimate of drug-likeness (QED) is 0.369. The van der Waals surface area contributed by atoms with E-state index in [2.05, 4.69) is 34.1 Å². The first-order valence-corrected chi connectivity index (χ1v) is 9.46. The van der Waals surface area contributed by atoms with E-state index in [4.69, 9.17) is 10.00 Å². The molecule has 138 valence electrons. The average Bonchev–Trinajstić information content (AvgIpc) is 2.77. The first-order valence-electron chi connectivity index (χ1n) is 8.67. The first-order chi connectivity index (χ1) is 14.1. The Morgan fingerprint density at radius 3 is 2.34 bits per heavy atom. The van der Waals surface area contributed by atoms with Crippen LogP contribution in [0.3, 0.4) is 0 Å². The molecule has 0 amide bonds. The minimum atomic E-state index is 0.284. The third kappa shape index (κ3) is 4.90. The zero-order chi connectivity index (χ0) is 20.6.